The average molecular weight is 695 g/mol. The largest absolute Gasteiger partial charge is 0.496 e. The monoisotopic (exact) mass is 694 g/mol. The molecule has 1 saturated heterocycles. The molecule has 7 nitrogen and oxygen atoms in total. The third kappa shape index (κ3) is 9.38. The maximum absolute atomic E-state index is 10.2. The Labute approximate surface area is 299 Å². The van der Waals surface area contributed by atoms with Gasteiger partial charge in [-0.05, 0) is 39.9 Å². The summed E-state index contributed by atoms with van der Waals surface area (Å²) in [5, 5.41) is 10.6. The van der Waals surface area contributed by atoms with Crippen molar-refractivity contribution in [3.05, 3.63) is 172 Å². The second-order valence-electron chi connectivity index (χ2n) is 12.2. The summed E-state index contributed by atoms with van der Waals surface area (Å²) in [6.07, 6.45) is -3.11. The molecule has 1 N–H and O–H groups in total. The zero-order chi connectivity index (χ0) is 34.5. The van der Waals surface area contributed by atoms with Crippen molar-refractivity contribution in [3.63, 3.8) is 0 Å². The second kappa shape index (κ2) is 18.3. The van der Waals surface area contributed by atoms with Crippen molar-refractivity contribution in [2.24, 2.45) is 0 Å². The molecule has 5 aromatic rings. The molecular formula is C42H43ClO7. The van der Waals surface area contributed by atoms with E-state index in [1.165, 1.54) is 0 Å². The molecule has 1 fully saturated rings. The van der Waals surface area contributed by atoms with Crippen LogP contribution in [0, 0.1) is 0 Å². The Hall–Kier alpha value is -4.05. The minimum atomic E-state index is -0.695. The lowest BCUT2D eigenvalue weighted by atomic mass is 9.89. The lowest BCUT2D eigenvalue weighted by Gasteiger charge is -2.46. The molecule has 5 aromatic carbocycles. The zero-order valence-corrected chi connectivity index (χ0v) is 28.9. The Balaban J connectivity index is 1.40. The van der Waals surface area contributed by atoms with Gasteiger partial charge in [-0.3, -0.25) is 0 Å². The normalized spacial score (nSPS) is 20.4. The first-order valence-corrected chi connectivity index (χ1v) is 17.2. The van der Waals surface area contributed by atoms with E-state index < -0.39 is 30.5 Å². The first kappa shape index (κ1) is 35.8. The number of halogens is 1. The summed E-state index contributed by atoms with van der Waals surface area (Å²) in [6.45, 7) is 1.35. The number of ether oxygens (including phenoxy) is 6. The Bertz CT molecular complexity index is 1720. The highest BCUT2D eigenvalue weighted by Crippen LogP contribution is 2.43. The fourth-order valence-electron chi connectivity index (χ4n) is 6.18. The van der Waals surface area contributed by atoms with Crippen LogP contribution in [-0.4, -0.2) is 43.2 Å². The fourth-order valence-corrected chi connectivity index (χ4v) is 6.39. The first-order chi connectivity index (χ1) is 24.6. The van der Waals surface area contributed by atoms with E-state index in [1.54, 1.807) is 13.2 Å². The summed E-state index contributed by atoms with van der Waals surface area (Å²) in [4.78, 5) is 0. The lowest BCUT2D eigenvalue weighted by molar-refractivity contribution is -0.275. The van der Waals surface area contributed by atoms with Gasteiger partial charge >= 0.3 is 0 Å². The number of aliphatic hydroxyl groups is 1. The van der Waals surface area contributed by atoms with Crippen molar-refractivity contribution < 1.29 is 33.5 Å². The predicted molar refractivity (Wildman–Crippen MR) is 193 cm³/mol. The van der Waals surface area contributed by atoms with Crippen LogP contribution in [0.2, 0.25) is 5.02 Å². The van der Waals surface area contributed by atoms with Gasteiger partial charge in [0.25, 0.3) is 0 Å². The van der Waals surface area contributed by atoms with E-state index in [0.717, 1.165) is 22.3 Å². The Morgan fingerprint density at radius 1 is 0.600 bits per heavy atom. The van der Waals surface area contributed by atoms with Crippen molar-refractivity contribution in [2.75, 3.05) is 13.7 Å². The molecule has 1 aliphatic heterocycles. The van der Waals surface area contributed by atoms with E-state index >= 15 is 0 Å². The van der Waals surface area contributed by atoms with E-state index in [2.05, 4.69) is 0 Å². The molecule has 0 radical (unpaired) electrons. The van der Waals surface area contributed by atoms with Gasteiger partial charge in [0, 0.05) is 10.6 Å². The predicted octanol–water partition coefficient (Wildman–Crippen LogP) is 8.25. The van der Waals surface area contributed by atoms with E-state index in [4.69, 9.17) is 40.0 Å². The SMILES string of the molecule is COc1cc(Cl)c(CO)cc1C1OC(COCc2ccccc2)C(OCc2ccccc2)C(OCc2ccccc2)C1OCc1ccccc1. The molecule has 5 atom stereocenters. The molecule has 8 heteroatoms. The standard InChI is InChI=1S/C42H43ClO7/c1-45-37-23-36(43)34(24-44)22-35(37)39-41(48-27-32-18-10-4-11-19-32)42(49-28-33-20-12-5-13-21-33)40(47-26-31-16-8-3-9-17-31)38(50-39)29-46-25-30-14-6-2-7-15-30/h2-23,38-42,44H,24-29H2,1H3. The lowest BCUT2D eigenvalue weighted by Crippen LogP contribution is -2.58. The molecule has 0 spiro atoms. The van der Waals surface area contributed by atoms with E-state index in [-0.39, 0.29) is 13.2 Å². The average Bonchev–Trinajstić information content (AvgIpc) is 3.17. The van der Waals surface area contributed by atoms with E-state index in [9.17, 15) is 5.11 Å². The Kier molecular flexibility index (Phi) is 13.1. The quantitative estimate of drug-likeness (QED) is 0.112. The van der Waals surface area contributed by atoms with Gasteiger partial charge in [-0.1, -0.05) is 133 Å². The molecule has 0 amide bonds. The highest BCUT2D eigenvalue weighted by Gasteiger charge is 2.49. The van der Waals surface area contributed by atoms with Gasteiger partial charge in [0.15, 0.2) is 0 Å². The molecule has 260 valence electrons. The Morgan fingerprint density at radius 3 is 1.54 bits per heavy atom. The molecule has 0 aromatic heterocycles. The summed E-state index contributed by atoms with van der Waals surface area (Å²) >= 11 is 6.54. The van der Waals surface area contributed by atoms with Crippen LogP contribution in [0.25, 0.3) is 0 Å². The smallest absolute Gasteiger partial charge is 0.126 e. The summed E-state index contributed by atoms with van der Waals surface area (Å²) in [7, 11) is 1.59. The number of benzene rings is 5. The van der Waals surface area contributed by atoms with Crippen molar-refractivity contribution in [2.45, 2.75) is 63.6 Å². The molecule has 0 aliphatic carbocycles. The van der Waals surface area contributed by atoms with Crippen LogP contribution >= 0.6 is 11.6 Å². The maximum atomic E-state index is 10.2. The minimum absolute atomic E-state index is 0.226. The minimum Gasteiger partial charge on any atom is -0.496 e. The molecule has 6 rings (SSSR count). The van der Waals surface area contributed by atoms with Gasteiger partial charge < -0.3 is 33.5 Å². The molecule has 0 saturated carbocycles. The summed E-state index contributed by atoms with van der Waals surface area (Å²) in [5.74, 6) is 0.514. The second-order valence-corrected chi connectivity index (χ2v) is 12.6. The van der Waals surface area contributed by atoms with Crippen LogP contribution in [0.5, 0.6) is 5.75 Å². The van der Waals surface area contributed by atoms with Crippen molar-refractivity contribution in [1.82, 2.24) is 0 Å². The van der Waals surface area contributed by atoms with Crippen LogP contribution in [0.1, 0.15) is 39.5 Å². The number of rotatable bonds is 16. The number of hydrogen-bond acceptors (Lipinski definition) is 7. The van der Waals surface area contributed by atoms with Crippen LogP contribution in [0.15, 0.2) is 133 Å². The van der Waals surface area contributed by atoms with E-state index in [0.29, 0.717) is 48.3 Å². The third-order valence-electron chi connectivity index (χ3n) is 8.76. The van der Waals surface area contributed by atoms with Gasteiger partial charge in [-0.25, -0.2) is 0 Å². The molecule has 1 heterocycles. The highest BCUT2D eigenvalue weighted by molar-refractivity contribution is 6.31. The maximum Gasteiger partial charge on any atom is 0.126 e. The molecule has 50 heavy (non-hydrogen) atoms. The number of hydrogen-bond donors (Lipinski definition) is 1. The topological polar surface area (TPSA) is 75.6 Å². The highest BCUT2D eigenvalue weighted by atomic mass is 35.5. The van der Waals surface area contributed by atoms with Crippen LogP contribution in [-0.2, 0) is 56.7 Å². The molecular weight excluding hydrogens is 652 g/mol. The fraction of sp³-hybridized carbons (Fsp3) is 0.286. The van der Waals surface area contributed by atoms with Gasteiger partial charge in [0.1, 0.15) is 36.3 Å². The van der Waals surface area contributed by atoms with Crippen LogP contribution in [0.3, 0.4) is 0 Å². The van der Waals surface area contributed by atoms with Gasteiger partial charge in [-0.2, -0.15) is 0 Å². The molecule has 5 unspecified atom stereocenters. The summed E-state index contributed by atoms with van der Waals surface area (Å²) in [5.41, 5.74) is 5.32. The van der Waals surface area contributed by atoms with Gasteiger partial charge in [-0.15, -0.1) is 0 Å². The zero-order valence-electron chi connectivity index (χ0n) is 28.1. The van der Waals surface area contributed by atoms with Crippen molar-refractivity contribution in [3.8, 4) is 5.75 Å². The number of methoxy groups -OCH3 is 1. The molecule has 1 aliphatic rings. The summed E-state index contributed by atoms with van der Waals surface area (Å²) in [6, 6.07) is 43.6. The van der Waals surface area contributed by atoms with Gasteiger partial charge in [0.2, 0.25) is 0 Å². The van der Waals surface area contributed by atoms with Crippen LogP contribution < -0.4 is 4.74 Å². The third-order valence-corrected chi connectivity index (χ3v) is 9.11. The van der Waals surface area contributed by atoms with Crippen LogP contribution in [0.4, 0.5) is 0 Å². The molecule has 0 bridgehead atoms. The summed E-state index contributed by atoms with van der Waals surface area (Å²) < 4.78 is 39.7. The number of aliphatic hydroxyl groups excluding tert-OH is 1. The van der Waals surface area contributed by atoms with Gasteiger partial charge in [0.05, 0.1) is 46.8 Å². The Morgan fingerprint density at radius 2 is 1.06 bits per heavy atom. The van der Waals surface area contributed by atoms with E-state index in [1.807, 2.05) is 127 Å². The van der Waals surface area contributed by atoms with Crippen molar-refractivity contribution >= 4 is 11.6 Å². The first-order valence-electron chi connectivity index (χ1n) is 16.8. The van der Waals surface area contributed by atoms with Crippen molar-refractivity contribution in [1.29, 1.82) is 0 Å².